The third-order valence-electron chi connectivity index (χ3n) is 6.48. The first kappa shape index (κ1) is 21.8. The zero-order valence-electron chi connectivity index (χ0n) is 18.4. The molecule has 3 aliphatic rings. The predicted octanol–water partition coefficient (Wildman–Crippen LogP) is 2.52. The van der Waals surface area contributed by atoms with Gasteiger partial charge in [0.2, 0.25) is 0 Å². The van der Waals surface area contributed by atoms with Crippen LogP contribution in [-0.4, -0.2) is 74.1 Å². The summed E-state index contributed by atoms with van der Waals surface area (Å²) in [5.74, 6) is 0.132. The average Bonchev–Trinajstić information content (AvgIpc) is 3.51. The van der Waals surface area contributed by atoms with Crippen molar-refractivity contribution in [3.8, 4) is 0 Å². The summed E-state index contributed by atoms with van der Waals surface area (Å²) in [6.45, 7) is 10.5. The first-order valence-corrected chi connectivity index (χ1v) is 10.7. The standard InChI is InChI=1S/C22H38N2O4/c1-15(2)7-8-19-21(4,28-19)18-11-17(9-10-22(18)14-26-22)27-20(25)12-23-16(3)13-24(5)6/h7,16-19,23H,8-14H2,1-6H3/t16?,17-,18?,19-,21-,22+/m1/s1. The third-order valence-corrected chi connectivity index (χ3v) is 6.48. The van der Waals surface area contributed by atoms with E-state index in [1.165, 1.54) is 5.57 Å². The average molecular weight is 395 g/mol. The maximum absolute atomic E-state index is 12.3. The Bertz CT molecular complexity index is 597. The number of epoxide rings is 2. The van der Waals surface area contributed by atoms with Crippen LogP contribution in [0.4, 0.5) is 0 Å². The lowest BCUT2D eigenvalue weighted by Crippen LogP contribution is -2.45. The van der Waals surface area contributed by atoms with E-state index in [1.807, 2.05) is 14.1 Å². The SMILES string of the molecule is CC(C)=CC[C@H]1O[C@]1(C)C1C[C@H](OC(=O)CNC(C)CN(C)C)CC[C@]12CO2. The molecule has 0 amide bonds. The molecule has 0 radical (unpaired) electrons. The van der Waals surface area contributed by atoms with E-state index in [0.29, 0.717) is 5.92 Å². The van der Waals surface area contributed by atoms with Gasteiger partial charge in [0.15, 0.2) is 0 Å². The molecule has 160 valence electrons. The molecule has 1 N–H and O–H groups in total. The minimum absolute atomic E-state index is 0.0385. The van der Waals surface area contributed by atoms with Gasteiger partial charge in [-0.25, -0.2) is 0 Å². The molecule has 1 aliphatic carbocycles. The van der Waals surface area contributed by atoms with Gasteiger partial charge in [-0.1, -0.05) is 11.6 Å². The van der Waals surface area contributed by atoms with Gasteiger partial charge in [0.1, 0.15) is 6.10 Å². The number of carbonyl (C=O) groups excluding carboxylic acids is 1. The van der Waals surface area contributed by atoms with E-state index in [4.69, 9.17) is 14.2 Å². The number of ether oxygens (including phenoxy) is 3. The molecule has 1 saturated carbocycles. The Morgan fingerprint density at radius 1 is 1.39 bits per heavy atom. The summed E-state index contributed by atoms with van der Waals surface area (Å²) in [4.78, 5) is 14.4. The van der Waals surface area contributed by atoms with Crippen molar-refractivity contribution in [1.29, 1.82) is 0 Å². The summed E-state index contributed by atoms with van der Waals surface area (Å²) in [6.07, 6.45) is 6.07. The Morgan fingerprint density at radius 3 is 2.71 bits per heavy atom. The zero-order valence-corrected chi connectivity index (χ0v) is 18.4. The van der Waals surface area contributed by atoms with Crippen LogP contribution in [0.2, 0.25) is 0 Å². The molecule has 0 aromatic heterocycles. The van der Waals surface area contributed by atoms with Crippen LogP contribution in [0, 0.1) is 5.92 Å². The van der Waals surface area contributed by atoms with Gasteiger partial charge in [-0.2, -0.15) is 0 Å². The predicted molar refractivity (Wildman–Crippen MR) is 109 cm³/mol. The minimum Gasteiger partial charge on any atom is -0.461 e. The maximum Gasteiger partial charge on any atom is 0.320 e. The fourth-order valence-corrected chi connectivity index (χ4v) is 4.78. The van der Waals surface area contributed by atoms with E-state index in [2.05, 4.69) is 44.0 Å². The van der Waals surface area contributed by atoms with Gasteiger partial charge in [-0.3, -0.25) is 4.79 Å². The van der Waals surface area contributed by atoms with Crippen molar-refractivity contribution < 1.29 is 19.0 Å². The van der Waals surface area contributed by atoms with E-state index in [0.717, 1.165) is 38.8 Å². The highest BCUT2D eigenvalue weighted by Crippen LogP contribution is 2.59. The maximum atomic E-state index is 12.3. The lowest BCUT2D eigenvalue weighted by Gasteiger charge is -2.36. The molecule has 2 unspecified atom stereocenters. The topological polar surface area (TPSA) is 66.6 Å². The normalized spacial score (nSPS) is 37.6. The van der Waals surface area contributed by atoms with Crippen LogP contribution in [0.3, 0.4) is 0 Å². The molecule has 0 bridgehead atoms. The molecule has 0 aromatic rings. The number of hydrogen-bond acceptors (Lipinski definition) is 6. The Labute approximate surface area is 170 Å². The molecule has 1 spiro atoms. The van der Waals surface area contributed by atoms with E-state index >= 15 is 0 Å². The highest BCUT2D eigenvalue weighted by Gasteiger charge is 2.68. The summed E-state index contributed by atoms with van der Waals surface area (Å²) in [5.41, 5.74) is 1.11. The number of rotatable bonds is 9. The van der Waals surface area contributed by atoms with Crippen molar-refractivity contribution in [3.05, 3.63) is 11.6 Å². The molecule has 28 heavy (non-hydrogen) atoms. The van der Waals surface area contributed by atoms with Crippen molar-refractivity contribution in [2.75, 3.05) is 33.8 Å². The number of esters is 1. The molecule has 6 atom stereocenters. The summed E-state index contributed by atoms with van der Waals surface area (Å²) < 4.78 is 17.9. The smallest absolute Gasteiger partial charge is 0.320 e. The monoisotopic (exact) mass is 394 g/mol. The van der Waals surface area contributed by atoms with Gasteiger partial charge >= 0.3 is 5.97 Å². The van der Waals surface area contributed by atoms with Crippen LogP contribution in [0.5, 0.6) is 0 Å². The fraction of sp³-hybridized carbons (Fsp3) is 0.864. The molecule has 0 aromatic carbocycles. The molecule has 2 aliphatic heterocycles. The fourth-order valence-electron chi connectivity index (χ4n) is 4.78. The van der Waals surface area contributed by atoms with Crippen LogP contribution in [0.25, 0.3) is 0 Å². The van der Waals surface area contributed by atoms with Gasteiger partial charge in [-0.05, 0) is 67.5 Å². The highest BCUT2D eigenvalue weighted by molar-refractivity contribution is 5.71. The number of allylic oxidation sites excluding steroid dienone is 1. The Kier molecular flexibility index (Phi) is 6.54. The zero-order chi connectivity index (χ0) is 20.5. The first-order chi connectivity index (χ1) is 13.1. The molecule has 2 heterocycles. The van der Waals surface area contributed by atoms with E-state index in [9.17, 15) is 4.79 Å². The van der Waals surface area contributed by atoms with E-state index < -0.39 is 0 Å². The molecular formula is C22H38N2O4. The van der Waals surface area contributed by atoms with Crippen LogP contribution < -0.4 is 5.32 Å². The summed E-state index contributed by atoms with van der Waals surface area (Å²) in [7, 11) is 4.06. The Hall–Kier alpha value is -0.950. The van der Waals surface area contributed by atoms with Gasteiger partial charge in [0, 0.05) is 18.5 Å². The number of nitrogens with zero attached hydrogens (tertiary/aromatic N) is 1. The second-order valence-electron chi connectivity index (χ2n) is 9.64. The van der Waals surface area contributed by atoms with Crippen molar-refractivity contribution in [2.24, 2.45) is 5.92 Å². The number of nitrogens with one attached hydrogen (secondary N) is 1. The lowest BCUT2D eigenvalue weighted by atomic mass is 9.70. The first-order valence-electron chi connectivity index (χ1n) is 10.7. The Morgan fingerprint density at radius 2 is 2.11 bits per heavy atom. The molecule has 3 rings (SSSR count). The number of hydrogen-bond donors (Lipinski definition) is 1. The van der Waals surface area contributed by atoms with Crippen molar-refractivity contribution in [2.45, 2.75) is 82.8 Å². The second-order valence-corrected chi connectivity index (χ2v) is 9.64. The Balaban J connectivity index is 1.50. The highest BCUT2D eigenvalue weighted by atomic mass is 16.6. The second kappa shape index (κ2) is 8.42. The van der Waals surface area contributed by atoms with Crippen LogP contribution in [-0.2, 0) is 19.0 Å². The van der Waals surface area contributed by atoms with Crippen molar-refractivity contribution in [3.63, 3.8) is 0 Å². The van der Waals surface area contributed by atoms with Gasteiger partial charge < -0.3 is 24.4 Å². The van der Waals surface area contributed by atoms with Gasteiger partial charge in [0.05, 0.1) is 30.5 Å². The van der Waals surface area contributed by atoms with Gasteiger partial charge in [-0.15, -0.1) is 0 Å². The van der Waals surface area contributed by atoms with Crippen LogP contribution in [0.15, 0.2) is 11.6 Å². The molecule has 6 heteroatoms. The lowest BCUT2D eigenvalue weighted by molar-refractivity contribution is -0.152. The molecular weight excluding hydrogens is 356 g/mol. The minimum atomic E-state index is -0.162. The quantitative estimate of drug-likeness (QED) is 0.368. The summed E-state index contributed by atoms with van der Waals surface area (Å²) >= 11 is 0. The summed E-state index contributed by atoms with van der Waals surface area (Å²) in [6, 6.07) is 0.249. The molecule has 6 nitrogen and oxygen atoms in total. The number of likely N-dealkylation sites (N-methyl/N-ethyl adjacent to an activating group) is 1. The summed E-state index contributed by atoms with van der Waals surface area (Å²) in [5, 5.41) is 3.25. The van der Waals surface area contributed by atoms with Gasteiger partial charge in [0.25, 0.3) is 0 Å². The van der Waals surface area contributed by atoms with Crippen LogP contribution >= 0.6 is 0 Å². The largest absolute Gasteiger partial charge is 0.461 e. The van der Waals surface area contributed by atoms with E-state index in [1.54, 1.807) is 0 Å². The van der Waals surface area contributed by atoms with Crippen LogP contribution in [0.1, 0.15) is 53.4 Å². The third kappa shape index (κ3) is 5.15. The van der Waals surface area contributed by atoms with Crippen molar-refractivity contribution >= 4 is 5.97 Å². The van der Waals surface area contributed by atoms with Crippen molar-refractivity contribution in [1.82, 2.24) is 10.2 Å². The molecule has 2 saturated heterocycles. The van der Waals surface area contributed by atoms with E-state index in [-0.39, 0.29) is 42.0 Å². The number of carbonyl (C=O) groups is 1. The molecule has 3 fully saturated rings.